The van der Waals surface area contributed by atoms with Gasteiger partial charge in [-0.2, -0.15) is 0 Å². The summed E-state index contributed by atoms with van der Waals surface area (Å²) in [6.07, 6.45) is 0.709. The maximum atomic E-state index is 12.3. The second kappa shape index (κ2) is 8.90. The maximum absolute atomic E-state index is 12.3. The minimum atomic E-state index is -1.00. The number of amides is 1. The molecular weight excluding hydrogens is 368 g/mol. The monoisotopic (exact) mass is 396 g/mol. The Labute approximate surface area is 164 Å². The Morgan fingerprint density at radius 3 is 2.07 bits per heavy atom. The molecule has 0 bridgehead atoms. The van der Waals surface area contributed by atoms with Crippen molar-refractivity contribution in [3.63, 3.8) is 0 Å². The van der Waals surface area contributed by atoms with Crippen LogP contribution in [0.1, 0.15) is 51.4 Å². The summed E-state index contributed by atoms with van der Waals surface area (Å²) in [5.74, 6) is -1.26. The Hall–Kier alpha value is -2.84. The minimum absolute atomic E-state index is 0.00623. The number of nitro benzene ring substituents is 1. The van der Waals surface area contributed by atoms with Crippen molar-refractivity contribution in [2.24, 2.45) is 5.41 Å². The van der Waals surface area contributed by atoms with E-state index >= 15 is 0 Å². The van der Waals surface area contributed by atoms with Gasteiger partial charge >= 0.3 is 5.97 Å². The number of nitrogens with one attached hydrogen (secondary N) is 1. The molecule has 0 spiro atoms. The van der Waals surface area contributed by atoms with E-state index in [1.165, 1.54) is 14.2 Å². The normalized spacial score (nSPS) is 11.5. The number of benzene rings is 1. The molecule has 1 rings (SSSR count). The molecule has 0 aliphatic heterocycles. The number of ether oxygens (including phenoxy) is 3. The van der Waals surface area contributed by atoms with Gasteiger partial charge in [0.15, 0.2) is 18.1 Å². The van der Waals surface area contributed by atoms with Crippen molar-refractivity contribution < 1.29 is 28.7 Å². The van der Waals surface area contributed by atoms with Gasteiger partial charge in [-0.15, -0.1) is 0 Å². The number of methoxy groups -OCH3 is 2. The largest absolute Gasteiger partial charge is 0.493 e. The number of carbonyl (C=O) groups is 2. The van der Waals surface area contributed by atoms with Crippen LogP contribution in [0.5, 0.6) is 11.5 Å². The van der Waals surface area contributed by atoms with Crippen LogP contribution in [0, 0.1) is 15.5 Å². The summed E-state index contributed by atoms with van der Waals surface area (Å²) in [5.41, 5.74) is -1.34. The lowest BCUT2D eigenvalue weighted by Gasteiger charge is -2.33. The molecule has 1 amide bonds. The third-order valence-electron chi connectivity index (χ3n) is 3.70. The molecule has 0 heterocycles. The SMILES string of the molecule is COc1cc(C(=O)OCC(=O)NC(C)(C)CC(C)(C)C)c([N+](=O)[O-])cc1OC. The summed E-state index contributed by atoms with van der Waals surface area (Å²) >= 11 is 0. The first-order valence-electron chi connectivity index (χ1n) is 8.68. The Morgan fingerprint density at radius 2 is 1.61 bits per heavy atom. The van der Waals surface area contributed by atoms with Gasteiger partial charge in [-0.3, -0.25) is 14.9 Å². The topological polar surface area (TPSA) is 117 Å². The highest BCUT2D eigenvalue weighted by molar-refractivity contribution is 5.96. The van der Waals surface area contributed by atoms with E-state index in [1.807, 2.05) is 13.8 Å². The zero-order chi connectivity index (χ0) is 21.7. The molecule has 0 unspecified atom stereocenters. The van der Waals surface area contributed by atoms with E-state index < -0.39 is 34.6 Å². The van der Waals surface area contributed by atoms with Crippen LogP contribution in [-0.4, -0.2) is 43.2 Å². The van der Waals surface area contributed by atoms with E-state index in [4.69, 9.17) is 14.2 Å². The molecule has 0 aromatic heterocycles. The van der Waals surface area contributed by atoms with Gasteiger partial charge in [-0.25, -0.2) is 4.79 Å². The summed E-state index contributed by atoms with van der Waals surface area (Å²) in [4.78, 5) is 35.0. The lowest BCUT2D eigenvalue weighted by molar-refractivity contribution is -0.385. The predicted molar refractivity (Wildman–Crippen MR) is 103 cm³/mol. The lowest BCUT2D eigenvalue weighted by Crippen LogP contribution is -2.47. The highest BCUT2D eigenvalue weighted by Crippen LogP contribution is 2.34. The van der Waals surface area contributed by atoms with E-state index in [-0.39, 0.29) is 22.5 Å². The summed E-state index contributed by atoms with van der Waals surface area (Å²) in [6, 6.07) is 2.22. The van der Waals surface area contributed by atoms with Crippen molar-refractivity contribution in [3.05, 3.63) is 27.8 Å². The highest BCUT2D eigenvalue weighted by Gasteiger charge is 2.29. The van der Waals surface area contributed by atoms with Crippen LogP contribution < -0.4 is 14.8 Å². The molecule has 1 aromatic rings. The molecule has 9 heteroatoms. The van der Waals surface area contributed by atoms with Gasteiger partial charge in [0, 0.05) is 11.6 Å². The molecule has 28 heavy (non-hydrogen) atoms. The first-order valence-corrected chi connectivity index (χ1v) is 8.68. The smallest absolute Gasteiger partial charge is 0.345 e. The Morgan fingerprint density at radius 1 is 1.07 bits per heavy atom. The van der Waals surface area contributed by atoms with Crippen LogP contribution in [0.15, 0.2) is 12.1 Å². The fourth-order valence-corrected chi connectivity index (χ4v) is 3.18. The molecule has 0 aliphatic rings. The van der Waals surface area contributed by atoms with Crippen molar-refractivity contribution >= 4 is 17.6 Å². The average Bonchev–Trinajstić information content (AvgIpc) is 2.55. The highest BCUT2D eigenvalue weighted by atomic mass is 16.6. The Bertz CT molecular complexity index is 751. The Kier molecular flexibility index (Phi) is 7.37. The molecule has 0 aliphatic carbocycles. The lowest BCUT2D eigenvalue weighted by atomic mass is 9.82. The van der Waals surface area contributed by atoms with Gasteiger partial charge in [-0.1, -0.05) is 20.8 Å². The van der Waals surface area contributed by atoms with Crippen LogP contribution in [0.4, 0.5) is 5.69 Å². The van der Waals surface area contributed by atoms with Gasteiger partial charge in [0.05, 0.1) is 25.2 Å². The number of rotatable bonds is 8. The molecular formula is C19H28N2O7. The molecule has 0 radical (unpaired) electrons. The molecule has 0 saturated heterocycles. The first-order chi connectivity index (χ1) is 12.8. The third kappa shape index (κ3) is 6.71. The first kappa shape index (κ1) is 23.2. The minimum Gasteiger partial charge on any atom is -0.493 e. The number of nitrogens with zero attached hydrogens (tertiary/aromatic N) is 1. The summed E-state index contributed by atoms with van der Waals surface area (Å²) < 4.78 is 15.1. The van der Waals surface area contributed by atoms with E-state index in [9.17, 15) is 19.7 Å². The van der Waals surface area contributed by atoms with Crippen molar-refractivity contribution in [3.8, 4) is 11.5 Å². The van der Waals surface area contributed by atoms with E-state index in [2.05, 4.69) is 26.1 Å². The molecule has 9 nitrogen and oxygen atoms in total. The molecule has 1 aromatic carbocycles. The quantitative estimate of drug-likeness (QED) is 0.407. The zero-order valence-electron chi connectivity index (χ0n) is 17.4. The predicted octanol–water partition coefficient (Wildman–Crippen LogP) is 3.10. The van der Waals surface area contributed by atoms with Crippen molar-refractivity contribution in [2.45, 2.75) is 46.6 Å². The van der Waals surface area contributed by atoms with Crippen LogP contribution in [0.2, 0.25) is 0 Å². The van der Waals surface area contributed by atoms with Gasteiger partial charge in [-0.05, 0) is 25.7 Å². The number of hydrogen-bond donors (Lipinski definition) is 1. The van der Waals surface area contributed by atoms with Crippen molar-refractivity contribution in [2.75, 3.05) is 20.8 Å². The van der Waals surface area contributed by atoms with Gasteiger partial charge in [0.1, 0.15) is 5.56 Å². The van der Waals surface area contributed by atoms with Gasteiger partial charge < -0.3 is 19.5 Å². The second-order valence-corrected chi connectivity index (χ2v) is 8.23. The van der Waals surface area contributed by atoms with Crippen molar-refractivity contribution in [1.82, 2.24) is 5.32 Å². The molecule has 0 saturated carbocycles. The molecule has 156 valence electrons. The van der Waals surface area contributed by atoms with Crippen LogP contribution in [-0.2, 0) is 9.53 Å². The van der Waals surface area contributed by atoms with Crippen LogP contribution in [0.3, 0.4) is 0 Å². The summed E-state index contributed by atoms with van der Waals surface area (Å²) in [5, 5.41) is 14.1. The standard InChI is InChI=1S/C19H28N2O7/c1-18(2,3)11-19(4,5)20-16(22)10-28-17(23)12-8-14(26-6)15(27-7)9-13(12)21(24)25/h8-9H,10-11H2,1-7H3,(H,20,22). The third-order valence-corrected chi connectivity index (χ3v) is 3.70. The summed E-state index contributed by atoms with van der Waals surface area (Å²) in [7, 11) is 2.66. The molecule has 0 fully saturated rings. The van der Waals surface area contributed by atoms with Crippen molar-refractivity contribution in [1.29, 1.82) is 0 Å². The molecule has 0 atom stereocenters. The van der Waals surface area contributed by atoms with E-state index in [1.54, 1.807) is 0 Å². The fraction of sp³-hybridized carbons (Fsp3) is 0.579. The van der Waals surface area contributed by atoms with Gasteiger partial charge in [0.2, 0.25) is 0 Å². The zero-order valence-corrected chi connectivity index (χ0v) is 17.4. The molecule has 1 N–H and O–H groups in total. The van der Waals surface area contributed by atoms with Crippen LogP contribution >= 0.6 is 0 Å². The number of nitro groups is 1. The number of esters is 1. The average molecular weight is 396 g/mol. The van der Waals surface area contributed by atoms with E-state index in [0.29, 0.717) is 6.42 Å². The number of hydrogen-bond acceptors (Lipinski definition) is 7. The number of carbonyl (C=O) groups excluding carboxylic acids is 2. The second-order valence-electron chi connectivity index (χ2n) is 8.23. The van der Waals surface area contributed by atoms with Gasteiger partial charge in [0.25, 0.3) is 11.6 Å². The Balaban J connectivity index is 2.91. The fourth-order valence-electron chi connectivity index (χ4n) is 3.18. The maximum Gasteiger partial charge on any atom is 0.345 e. The van der Waals surface area contributed by atoms with E-state index in [0.717, 1.165) is 12.1 Å². The van der Waals surface area contributed by atoms with Crippen LogP contribution in [0.25, 0.3) is 0 Å². The summed E-state index contributed by atoms with van der Waals surface area (Å²) in [6.45, 7) is 9.34.